The van der Waals surface area contributed by atoms with Crippen molar-refractivity contribution in [2.75, 3.05) is 26.7 Å². The average Bonchev–Trinajstić information content (AvgIpc) is 3.06. The van der Waals surface area contributed by atoms with Crippen LogP contribution in [0.4, 0.5) is 0 Å². The van der Waals surface area contributed by atoms with Crippen molar-refractivity contribution in [1.82, 2.24) is 15.5 Å². The third kappa shape index (κ3) is 6.76. The van der Waals surface area contributed by atoms with Crippen molar-refractivity contribution in [2.45, 2.75) is 70.8 Å². The van der Waals surface area contributed by atoms with E-state index < -0.39 is 0 Å². The Labute approximate surface area is 164 Å². The van der Waals surface area contributed by atoms with Crippen LogP contribution in [0.15, 0.2) is 4.99 Å². The first-order valence-electron chi connectivity index (χ1n) is 9.50. The standard InChI is InChI=1S/C18H34N4O.HI/c1-3-4-8-12-20-18(19-2)21-16-11-13-22(14-16)17(23)15-9-6-5-7-10-15;/h15-16H,3-14H2,1-2H3,(H2,19,20,21);1H. The highest BCUT2D eigenvalue weighted by atomic mass is 127. The summed E-state index contributed by atoms with van der Waals surface area (Å²) in [6.07, 6.45) is 10.6. The van der Waals surface area contributed by atoms with Gasteiger partial charge in [0.15, 0.2) is 5.96 Å². The SMILES string of the molecule is CCCCCNC(=NC)NC1CCN(C(=O)C2CCCCC2)C1.I. The van der Waals surface area contributed by atoms with Gasteiger partial charge in [0.2, 0.25) is 5.91 Å². The third-order valence-electron chi connectivity index (χ3n) is 5.09. The van der Waals surface area contributed by atoms with Crippen LogP contribution in [0.5, 0.6) is 0 Å². The van der Waals surface area contributed by atoms with Crippen LogP contribution in [0.3, 0.4) is 0 Å². The average molecular weight is 450 g/mol. The normalized spacial score (nSPS) is 22.2. The number of guanidine groups is 1. The molecule has 6 heteroatoms. The Morgan fingerprint density at radius 1 is 1.17 bits per heavy atom. The van der Waals surface area contributed by atoms with Crippen LogP contribution >= 0.6 is 24.0 Å². The second kappa shape index (κ2) is 11.9. The molecular formula is C18H35IN4O. The van der Waals surface area contributed by atoms with E-state index in [1.807, 2.05) is 7.05 Å². The van der Waals surface area contributed by atoms with Crippen LogP contribution in [0.2, 0.25) is 0 Å². The summed E-state index contributed by atoms with van der Waals surface area (Å²) in [4.78, 5) is 19.0. The molecule has 1 aliphatic heterocycles. The predicted octanol–water partition coefficient (Wildman–Crippen LogP) is 3.14. The number of rotatable bonds is 6. The first kappa shape index (κ1) is 21.5. The largest absolute Gasteiger partial charge is 0.356 e. The molecule has 2 N–H and O–H groups in total. The number of hydrogen-bond acceptors (Lipinski definition) is 2. The Morgan fingerprint density at radius 2 is 1.92 bits per heavy atom. The molecule has 1 unspecified atom stereocenters. The first-order chi connectivity index (χ1) is 11.2. The maximum atomic E-state index is 12.6. The number of aliphatic imine (C=N–C) groups is 1. The van der Waals surface area contributed by atoms with Gasteiger partial charge in [-0.1, -0.05) is 39.0 Å². The van der Waals surface area contributed by atoms with Gasteiger partial charge in [-0.3, -0.25) is 9.79 Å². The number of unbranched alkanes of at least 4 members (excludes halogenated alkanes) is 2. The van der Waals surface area contributed by atoms with E-state index >= 15 is 0 Å². The second-order valence-electron chi connectivity index (χ2n) is 6.96. The molecule has 0 aromatic rings. The maximum Gasteiger partial charge on any atom is 0.225 e. The zero-order chi connectivity index (χ0) is 16.5. The summed E-state index contributed by atoms with van der Waals surface area (Å²) >= 11 is 0. The minimum Gasteiger partial charge on any atom is -0.356 e. The highest BCUT2D eigenvalue weighted by molar-refractivity contribution is 14.0. The molecule has 1 atom stereocenters. The molecule has 2 fully saturated rings. The number of nitrogens with zero attached hydrogens (tertiary/aromatic N) is 2. The molecule has 24 heavy (non-hydrogen) atoms. The first-order valence-corrected chi connectivity index (χ1v) is 9.50. The van der Waals surface area contributed by atoms with E-state index in [9.17, 15) is 4.79 Å². The minimum atomic E-state index is 0. The fraction of sp³-hybridized carbons (Fsp3) is 0.889. The Morgan fingerprint density at radius 3 is 2.58 bits per heavy atom. The van der Waals surface area contributed by atoms with Crippen LogP contribution in [0.25, 0.3) is 0 Å². The number of hydrogen-bond donors (Lipinski definition) is 2. The van der Waals surface area contributed by atoms with Crippen molar-refractivity contribution in [2.24, 2.45) is 10.9 Å². The molecule has 0 radical (unpaired) electrons. The van der Waals surface area contributed by atoms with Crippen LogP contribution in [0, 0.1) is 5.92 Å². The summed E-state index contributed by atoms with van der Waals surface area (Å²) < 4.78 is 0. The van der Waals surface area contributed by atoms with Crippen molar-refractivity contribution in [3.8, 4) is 0 Å². The molecule has 2 rings (SSSR count). The van der Waals surface area contributed by atoms with E-state index in [1.165, 1.54) is 38.5 Å². The molecular weight excluding hydrogens is 415 g/mol. The quantitative estimate of drug-likeness (QED) is 0.283. The van der Waals surface area contributed by atoms with Crippen molar-refractivity contribution >= 4 is 35.8 Å². The van der Waals surface area contributed by atoms with Crippen molar-refractivity contribution < 1.29 is 4.79 Å². The summed E-state index contributed by atoms with van der Waals surface area (Å²) in [5, 5.41) is 6.85. The van der Waals surface area contributed by atoms with Gasteiger partial charge in [0.25, 0.3) is 0 Å². The molecule has 1 aliphatic carbocycles. The lowest BCUT2D eigenvalue weighted by Gasteiger charge is -2.26. The Hall–Kier alpha value is -0.530. The van der Waals surface area contributed by atoms with Crippen LogP contribution in [-0.4, -0.2) is 49.5 Å². The van der Waals surface area contributed by atoms with Gasteiger partial charge < -0.3 is 15.5 Å². The molecule has 1 saturated carbocycles. The topological polar surface area (TPSA) is 56.7 Å². The summed E-state index contributed by atoms with van der Waals surface area (Å²) in [7, 11) is 1.81. The fourth-order valence-corrected chi connectivity index (χ4v) is 3.66. The molecule has 0 bridgehead atoms. The number of nitrogens with one attached hydrogen (secondary N) is 2. The lowest BCUT2D eigenvalue weighted by molar-refractivity contribution is -0.135. The van der Waals surface area contributed by atoms with Crippen LogP contribution in [-0.2, 0) is 4.79 Å². The summed E-state index contributed by atoms with van der Waals surface area (Å²) in [5.74, 6) is 1.55. The Bertz CT molecular complexity index is 396. The maximum absolute atomic E-state index is 12.6. The van der Waals surface area contributed by atoms with E-state index in [-0.39, 0.29) is 29.9 Å². The minimum absolute atomic E-state index is 0. The van der Waals surface area contributed by atoms with E-state index in [0.29, 0.717) is 11.9 Å². The van der Waals surface area contributed by atoms with Crippen molar-refractivity contribution in [1.29, 1.82) is 0 Å². The van der Waals surface area contributed by atoms with Crippen molar-refractivity contribution in [3.63, 3.8) is 0 Å². The molecule has 2 aliphatic rings. The van der Waals surface area contributed by atoms with Crippen molar-refractivity contribution in [3.05, 3.63) is 0 Å². The fourth-order valence-electron chi connectivity index (χ4n) is 3.66. The summed E-state index contributed by atoms with van der Waals surface area (Å²) in [6.45, 7) is 4.89. The number of likely N-dealkylation sites (tertiary alicyclic amines) is 1. The third-order valence-corrected chi connectivity index (χ3v) is 5.09. The monoisotopic (exact) mass is 450 g/mol. The number of carbonyl (C=O) groups excluding carboxylic acids is 1. The smallest absolute Gasteiger partial charge is 0.225 e. The highest BCUT2D eigenvalue weighted by Crippen LogP contribution is 2.26. The molecule has 140 valence electrons. The van der Waals surface area contributed by atoms with Gasteiger partial charge in [-0.25, -0.2) is 0 Å². The molecule has 1 amide bonds. The molecule has 0 spiro atoms. The molecule has 5 nitrogen and oxygen atoms in total. The molecule has 1 saturated heterocycles. The van der Waals surface area contributed by atoms with Gasteiger partial charge in [-0.15, -0.1) is 24.0 Å². The van der Waals surface area contributed by atoms with E-state index in [0.717, 1.165) is 44.9 Å². The van der Waals surface area contributed by atoms with E-state index in [2.05, 4.69) is 27.4 Å². The molecule has 0 aromatic heterocycles. The van der Waals surface area contributed by atoms with E-state index in [1.54, 1.807) is 0 Å². The summed E-state index contributed by atoms with van der Waals surface area (Å²) in [6, 6.07) is 0.333. The Kier molecular flexibility index (Phi) is 10.7. The van der Waals surface area contributed by atoms with Gasteiger partial charge in [0.05, 0.1) is 0 Å². The van der Waals surface area contributed by atoms with Gasteiger partial charge in [-0.05, 0) is 25.7 Å². The second-order valence-corrected chi connectivity index (χ2v) is 6.96. The van der Waals surface area contributed by atoms with Gasteiger partial charge in [0.1, 0.15) is 0 Å². The molecule has 0 aromatic carbocycles. The zero-order valence-corrected chi connectivity index (χ0v) is 17.7. The van der Waals surface area contributed by atoms with E-state index in [4.69, 9.17) is 0 Å². The van der Waals surface area contributed by atoms with Crippen LogP contribution < -0.4 is 10.6 Å². The lowest BCUT2D eigenvalue weighted by Crippen LogP contribution is -2.45. The predicted molar refractivity (Wildman–Crippen MR) is 111 cm³/mol. The highest BCUT2D eigenvalue weighted by Gasteiger charge is 2.31. The molecule has 1 heterocycles. The van der Waals surface area contributed by atoms with Gasteiger partial charge in [0, 0.05) is 38.6 Å². The number of carbonyl (C=O) groups is 1. The Balaban J connectivity index is 0.00000288. The summed E-state index contributed by atoms with van der Waals surface area (Å²) in [5.41, 5.74) is 0. The van der Waals surface area contributed by atoms with Crippen LogP contribution in [0.1, 0.15) is 64.7 Å². The van der Waals surface area contributed by atoms with Gasteiger partial charge in [-0.2, -0.15) is 0 Å². The zero-order valence-electron chi connectivity index (χ0n) is 15.4. The van der Waals surface area contributed by atoms with Gasteiger partial charge >= 0.3 is 0 Å². The number of amides is 1. The number of halogens is 1. The lowest BCUT2D eigenvalue weighted by atomic mass is 9.88.